The Kier molecular flexibility index (Phi) is 44.4. The predicted molar refractivity (Wildman–Crippen MR) is 509 cm³/mol. The number of alkyl halides is 3. The summed E-state index contributed by atoms with van der Waals surface area (Å²) in [6.45, 7) is 31.4. The van der Waals surface area contributed by atoms with Gasteiger partial charge in [-0.15, -0.1) is 10.2 Å². The number of Topliss-reactive ketones (excluding diaryl/α,β-unsaturated/α-hetero) is 2. The van der Waals surface area contributed by atoms with Crippen LogP contribution in [0, 0.1) is 67.6 Å². The molecular weight excluding hydrogens is 1850 g/mol. The summed E-state index contributed by atoms with van der Waals surface area (Å²) in [7, 11) is 6.82. The highest BCUT2D eigenvalue weighted by molar-refractivity contribution is 9.09. The molecule has 6 aliphatic heterocycles. The molecule has 0 amide bonds. The number of aryl methyl sites for hydroxylation is 4. The number of aliphatic hydroxyl groups is 6. The number of aliphatic hydroxyl groups excluding tert-OH is 4. The van der Waals surface area contributed by atoms with Gasteiger partial charge in [-0.3, -0.25) is 58.1 Å². The molecule has 772 valence electrons. The number of likely N-dealkylation sites (N-methyl/N-ethyl adjacent to an activating group) is 2. The minimum atomic E-state index is -1.96. The van der Waals surface area contributed by atoms with Crippen LogP contribution in [0.5, 0.6) is 0 Å². The number of nitro groups is 2. The fraction of sp³-hybridized carbons (Fsp3) is 0.771. The quantitative estimate of drug-likeness (QED) is 0.00810. The molecule has 38 nitrogen and oxygen atoms in total. The van der Waals surface area contributed by atoms with Gasteiger partial charge in [0.1, 0.15) is 66.3 Å². The number of carbonyl (C=O) groups is 4. The third-order valence-electron chi connectivity index (χ3n) is 28.5. The lowest BCUT2D eigenvalue weighted by atomic mass is 9.74. The summed E-state index contributed by atoms with van der Waals surface area (Å²) in [5.74, 6) is -9.95. The Morgan fingerprint density at radius 1 is 0.584 bits per heavy atom. The average Bonchev–Trinajstić information content (AvgIpc) is 0.852. The summed E-state index contributed by atoms with van der Waals surface area (Å²) in [5, 5.41) is 124. The molecule has 2 aromatic carbocycles. The van der Waals surface area contributed by atoms with Crippen LogP contribution in [0.1, 0.15) is 198 Å². The maximum absolute atomic E-state index is 14.5. The highest BCUT2D eigenvalue weighted by Crippen LogP contribution is 2.43. The van der Waals surface area contributed by atoms with Gasteiger partial charge in [0.05, 0.1) is 87.2 Å². The van der Waals surface area contributed by atoms with Crippen LogP contribution in [0.2, 0.25) is 0 Å². The normalized spacial score (nSPS) is 35.1. The number of esters is 2. The number of aromatic nitrogens is 6. The second-order valence-corrected chi connectivity index (χ2v) is 39.9. The summed E-state index contributed by atoms with van der Waals surface area (Å²) in [5.41, 5.74) is -2.19. The maximum Gasteiger partial charge on any atom is 0.316 e. The number of oxime groups is 2. The number of cyclic esters (lactones) is 2. The number of halogens is 3. The minimum absolute atomic E-state index is 0.0335. The van der Waals surface area contributed by atoms with Crippen LogP contribution in [0.15, 0.2) is 71.2 Å². The number of nitrogens with zero attached hydrogens (tertiary/aromatic N) is 13. The van der Waals surface area contributed by atoms with Gasteiger partial charge >= 0.3 is 11.9 Å². The van der Waals surface area contributed by atoms with Crippen molar-refractivity contribution in [1.29, 1.82) is 0 Å². The van der Waals surface area contributed by atoms with Crippen LogP contribution in [0.25, 0.3) is 0 Å². The van der Waals surface area contributed by atoms with E-state index in [0.717, 1.165) is 54.9 Å². The highest BCUT2D eigenvalue weighted by Gasteiger charge is 2.56. The zero-order valence-corrected chi connectivity index (χ0v) is 85.1. The van der Waals surface area contributed by atoms with E-state index in [2.05, 4.69) is 52.2 Å². The summed E-state index contributed by atoms with van der Waals surface area (Å²) in [4.78, 5) is 95.9. The Bertz CT molecular complexity index is 4500. The Morgan fingerprint density at radius 3 is 1.34 bits per heavy atom. The Labute approximate surface area is 812 Å². The van der Waals surface area contributed by atoms with E-state index in [4.69, 9.17) is 47.6 Å². The molecule has 2 aromatic heterocycles. The van der Waals surface area contributed by atoms with Gasteiger partial charge in [0.15, 0.2) is 24.1 Å². The first-order chi connectivity index (χ1) is 64.7. The summed E-state index contributed by atoms with van der Waals surface area (Å²) >= 11 is 2.87. The summed E-state index contributed by atoms with van der Waals surface area (Å²) in [6, 6.07) is 12.0. The maximum atomic E-state index is 14.5. The molecule has 6 saturated heterocycles. The molecule has 0 bridgehead atoms. The number of ether oxygens (including phenoxy) is 8. The number of nitrogens with one attached hydrogen (secondary N) is 1. The molecule has 7 N–H and O–H groups in total. The third-order valence-corrected chi connectivity index (χ3v) is 28.8. The number of non-ortho nitro benzene ring substituents is 2. The lowest BCUT2D eigenvalue weighted by Crippen LogP contribution is -2.60. The molecule has 0 unspecified atom stereocenters. The van der Waals surface area contributed by atoms with Gasteiger partial charge in [-0.05, 0) is 171 Å². The number of hydrogen-bond donors (Lipinski definition) is 7. The number of rotatable bonds is 31. The lowest BCUT2D eigenvalue weighted by Gasteiger charge is -2.47. The van der Waals surface area contributed by atoms with Gasteiger partial charge < -0.3 is 93.3 Å². The molecule has 6 fully saturated rings. The van der Waals surface area contributed by atoms with Crippen LogP contribution in [0.3, 0.4) is 0 Å². The lowest BCUT2D eigenvalue weighted by molar-refractivity contribution is -0.385. The van der Waals surface area contributed by atoms with Crippen molar-refractivity contribution in [1.82, 2.24) is 50.0 Å². The first kappa shape index (κ1) is 115. The van der Waals surface area contributed by atoms with Gasteiger partial charge in [-0.25, -0.2) is 4.39 Å². The van der Waals surface area contributed by atoms with E-state index < -0.39 is 183 Å². The zero-order valence-electron chi connectivity index (χ0n) is 83.5. The second kappa shape index (κ2) is 53.0. The number of nitro benzene ring substituents is 2. The molecule has 0 aliphatic carbocycles. The highest BCUT2D eigenvalue weighted by atomic mass is 79.9. The van der Waals surface area contributed by atoms with Gasteiger partial charge in [0.2, 0.25) is 0 Å². The van der Waals surface area contributed by atoms with Crippen molar-refractivity contribution in [3.63, 3.8) is 0 Å². The van der Waals surface area contributed by atoms with Crippen LogP contribution >= 0.6 is 15.9 Å². The molecule has 28 atom stereocenters. The topological polar surface area (TPSA) is 476 Å². The van der Waals surface area contributed by atoms with E-state index in [1.54, 1.807) is 82.1 Å². The Morgan fingerprint density at radius 2 is 0.978 bits per heavy atom. The van der Waals surface area contributed by atoms with Gasteiger partial charge in [-0.2, -0.15) is 0 Å². The molecule has 6 aliphatic rings. The van der Waals surface area contributed by atoms with E-state index in [1.165, 1.54) is 66.2 Å². The van der Waals surface area contributed by atoms with Crippen molar-refractivity contribution >= 4 is 62.2 Å². The number of piperidine rings is 2. The number of carbonyl (C=O) groups excluding carboxylic acids is 4. The third kappa shape index (κ3) is 30.7. The number of ketones is 2. The van der Waals surface area contributed by atoms with Crippen LogP contribution in [-0.2, 0) is 106 Å². The number of benzene rings is 2. The summed E-state index contributed by atoms with van der Waals surface area (Å²) in [6.07, 6.45) is -2.78. The van der Waals surface area contributed by atoms with Gasteiger partial charge in [0, 0.05) is 162 Å². The van der Waals surface area contributed by atoms with Gasteiger partial charge in [0.25, 0.3) is 11.4 Å². The smallest absolute Gasteiger partial charge is 0.316 e. The van der Waals surface area contributed by atoms with E-state index in [0.29, 0.717) is 101 Å². The fourth-order valence-corrected chi connectivity index (χ4v) is 19.8. The molecule has 0 saturated carbocycles. The van der Waals surface area contributed by atoms with Gasteiger partial charge in [-0.1, -0.05) is 116 Å². The van der Waals surface area contributed by atoms with Crippen molar-refractivity contribution in [2.24, 2.45) is 57.7 Å². The Hall–Kier alpha value is -7.56. The SMILES string of the molecule is CC[C@H]1OC(=O)[C@H](C)C(=O)[C@H](C)[C@@H](O[C@@H]2O[C@H](C)C[C@H](N(C)CCc3cn(CCc4ccc([N+](=O)[O-])cc4)nn3)[C@H]2O)[C@](C)(OC)C[C@@H](C)/C(=N\O[C@@H]2CCCN(CCF)C2)[C@H](C)[C@@H](O)[C@]1(C)O.CC[C@H]1OC(=O)[C@H](C)C(=O)[C@H](C)[C@@H](O[C@@H]2O[C@H](C)C[C@H](N(C)CCc3cn(CCc4ccc([N+](=O)[O-])cc4)nn3)[C@H]2O)[C@](C)(OC)C[C@@H](C)/C(=N\O[C@@H]2CCCNC2)[C@H](C)[C@@H](O)[C@]1(C)O.FCCBr. The average molecular weight is 2010 g/mol. The van der Waals surface area contributed by atoms with Crippen molar-refractivity contribution < 1.29 is 116 Å². The Balaban J connectivity index is 0.000000324. The molecule has 4 aromatic rings. The van der Waals surface area contributed by atoms with E-state index in [-0.39, 0.29) is 74.7 Å². The monoisotopic (exact) mass is 2000 g/mol. The fourth-order valence-electron chi connectivity index (χ4n) is 19.8. The number of hydrogen-bond acceptors (Lipinski definition) is 34. The van der Waals surface area contributed by atoms with E-state index in [9.17, 15) is 78.8 Å². The van der Waals surface area contributed by atoms with Crippen LogP contribution < -0.4 is 5.32 Å². The molecule has 0 spiro atoms. The van der Waals surface area contributed by atoms with E-state index in [1.807, 2.05) is 75.8 Å². The molecule has 137 heavy (non-hydrogen) atoms. The number of likely N-dealkylation sites (tertiary alicyclic amines) is 1. The zero-order chi connectivity index (χ0) is 101. The molecule has 10 rings (SSSR count). The van der Waals surface area contributed by atoms with Crippen LogP contribution in [0.4, 0.5) is 20.2 Å². The standard InChI is InChI=1S/C48H76FN7O12.C46H73N7O12.C2H4BrF/c1-11-39-48(8,61)43(59)31(4)40(51-68-37-13-12-21-54(28-37)24-20-49)29(2)26-47(7,64-10)44(32(5)41(57)33(6)45(60)66-39)67-46-42(58)38(25-30(3)65-46)53(9)22-19-35-27-55(52-50-35)23-18-34-14-16-36(17-15-34)56(62)63;1-11-37-46(8,58)41(56)29(4)38(49-65-35-13-12-20-47-25-35)27(2)24-45(7,61-10)42(30(5)39(54)31(6)43(57)63-37)64-44-40(55)36(23-28(3)62-44)51(9)21-19-33-26-52(50-48-33)22-18-32-14-16-34(17-15-32)53(59)60;3-1-2-4/h14-17,27,29-33,37-39,42-44,46,58-59,61H,11-13,18-26,28H2,1-10H3;14-17,26-31,35-37,40-42,44,47,55-56,58H,11-13,18-25H2,1-10H3;1-2H2/b51-40+;49-38+;/t29-,30-,31+,32+,33-,37-,38+,39-,42-,43-,44-,46+,47-,48-;27-,28-,29+,30+,31-,35-,36+,37-,40-,41-,42-,44+,45-,46-;/m11./s1. The second-order valence-electron chi connectivity index (χ2n) is 39.1. The molecule has 41 heteroatoms. The van der Waals surface area contributed by atoms with Crippen molar-refractivity contribution in [2.75, 3.05) is 92.8 Å². The minimum Gasteiger partial charge on any atom is -0.459 e. The summed E-state index contributed by atoms with van der Waals surface area (Å²) < 4.78 is 78.0. The molecule has 0 radical (unpaired) electrons. The largest absolute Gasteiger partial charge is 0.459 e. The first-order valence-electron chi connectivity index (χ1n) is 48.4. The predicted octanol–water partition coefficient (Wildman–Crippen LogP) is 9.30. The van der Waals surface area contributed by atoms with E-state index >= 15 is 0 Å². The van der Waals surface area contributed by atoms with Crippen molar-refractivity contribution in [2.45, 2.75) is 334 Å². The molecular formula is C96H153BrF2N14O24. The number of methoxy groups -OCH3 is 2. The van der Waals surface area contributed by atoms with Crippen LogP contribution in [-0.4, -0.2) is 333 Å². The van der Waals surface area contributed by atoms with Crippen molar-refractivity contribution in [3.05, 3.63) is 104 Å². The molecule has 8 heterocycles. The van der Waals surface area contributed by atoms with Crippen molar-refractivity contribution in [3.8, 4) is 0 Å². The first-order valence-corrected chi connectivity index (χ1v) is 49.5.